The average molecular weight is 528 g/mol. The molecule has 1 unspecified atom stereocenters. The monoisotopic (exact) mass is 528 g/mol. The van der Waals surface area contributed by atoms with Gasteiger partial charge in [0.15, 0.2) is 0 Å². The Morgan fingerprint density at radius 1 is 1.03 bits per heavy atom. The smallest absolute Gasteiger partial charge is 0.311 e. The van der Waals surface area contributed by atoms with Crippen molar-refractivity contribution in [3.05, 3.63) is 93.3 Å². The van der Waals surface area contributed by atoms with Crippen LogP contribution < -0.4 is 15.5 Å². The van der Waals surface area contributed by atoms with E-state index in [0.29, 0.717) is 22.6 Å². The third-order valence-electron chi connectivity index (χ3n) is 4.82. The Bertz CT molecular complexity index is 1200. The highest BCUT2D eigenvalue weighted by atomic mass is 127. The predicted molar refractivity (Wildman–Crippen MR) is 127 cm³/mol. The number of benzene rings is 3. The zero-order valence-electron chi connectivity index (χ0n) is 16.5. The second-order valence-electron chi connectivity index (χ2n) is 6.88. The van der Waals surface area contributed by atoms with E-state index in [1.54, 1.807) is 61.6 Å². The molecular formula is C23H18FIN4O2. The molecule has 0 aromatic heterocycles. The molecule has 0 fully saturated rings. The van der Waals surface area contributed by atoms with Crippen molar-refractivity contribution in [1.29, 1.82) is 0 Å². The molecule has 8 heteroatoms. The van der Waals surface area contributed by atoms with Gasteiger partial charge in [-0.1, -0.05) is 36.4 Å². The first-order valence-electron chi connectivity index (χ1n) is 9.47. The Kier molecular flexibility index (Phi) is 5.99. The maximum atomic E-state index is 14.6. The number of nitrogens with one attached hydrogen (secondary N) is 2. The Hall–Kier alpha value is -3.27. The van der Waals surface area contributed by atoms with Crippen LogP contribution in [0.1, 0.15) is 11.1 Å². The molecule has 0 radical (unpaired) electrons. The lowest BCUT2D eigenvalue weighted by atomic mass is 10.00. The van der Waals surface area contributed by atoms with Crippen molar-refractivity contribution in [2.75, 3.05) is 17.3 Å². The van der Waals surface area contributed by atoms with Crippen LogP contribution in [0, 0.1) is 9.39 Å². The van der Waals surface area contributed by atoms with E-state index in [0.717, 1.165) is 3.57 Å². The average Bonchev–Trinajstić information content (AvgIpc) is 2.85. The number of carbonyl (C=O) groups is 2. The zero-order chi connectivity index (χ0) is 22.0. The van der Waals surface area contributed by atoms with Crippen molar-refractivity contribution in [3.8, 4) is 0 Å². The van der Waals surface area contributed by atoms with Gasteiger partial charge in [-0.3, -0.25) is 4.79 Å². The molecule has 3 amide bonds. The van der Waals surface area contributed by atoms with Crippen LogP contribution in [0.4, 0.5) is 20.6 Å². The van der Waals surface area contributed by atoms with Crippen LogP contribution in [0.5, 0.6) is 0 Å². The molecule has 3 aromatic rings. The minimum atomic E-state index is -1.23. The molecule has 0 saturated carbocycles. The highest BCUT2D eigenvalue weighted by molar-refractivity contribution is 14.1. The summed E-state index contributed by atoms with van der Waals surface area (Å²) in [6.45, 7) is 0. The number of carbonyl (C=O) groups excluding carboxylic acids is 2. The van der Waals surface area contributed by atoms with Gasteiger partial charge in [-0.2, -0.15) is 0 Å². The summed E-state index contributed by atoms with van der Waals surface area (Å²) in [6, 6.07) is 20.0. The largest absolute Gasteiger partial charge is 0.321 e. The van der Waals surface area contributed by atoms with E-state index >= 15 is 0 Å². The summed E-state index contributed by atoms with van der Waals surface area (Å²) in [5, 5.41) is 5.31. The topological polar surface area (TPSA) is 73.8 Å². The molecule has 4 rings (SSSR count). The molecule has 1 heterocycles. The quantitative estimate of drug-likeness (QED) is 0.495. The Labute approximate surface area is 192 Å². The van der Waals surface area contributed by atoms with Crippen molar-refractivity contribution in [2.24, 2.45) is 4.99 Å². The summed E-state index contributed by atoms with van der Waals surface area (Å²) >= 11 is 2.14. The first-order valence-corrected chi connectivity index (χ1v) is 10.5. The van der Waals surface area contributed by atoms with Crippen LogP contribution >= 0.6 is 22.6 Å². The lowest BCUT2D eigenvalue weighted by Gasteiger charge is -2.21. The van der Waals surface area contributed by atoms with E-state index in [9.17, 15) is 14.0 Å². The molecule has 1 aliphatic rings. The number of fused-ring (bicyclic) bond motifs is 1. The van der Waals surface area contributed by atoms with Crippen molar-refractivity contribution < 1.29 is 14.0 Å². The highest BCUT2D eigenvalue weighted by Crippen LogP contribution is 2.28. The summed E-state index contributed by atoms with van der Waals surface area (Å²) in [6.07, 6.45) is -1.23. The molecule has 0 aliphatic carbocycles. The molecule has 0 saturated heterocycles. The molecule has 1 aliphatic heterocycles. The normalized spacial score (nSPS) is 15.6. The summed E-state index contributed by atoms with van der Waals surface area (Å²) in [5.74, 6) is -0.897. The highest BCUT2D eigenvalue weighted by Gasteiger charge is 2.31. The van der Waals surface area contributed by atoms with Crippen molar-refractivity contribution >= 4 is 51.6 Å². The molecule has 3 aromatic carbocycles. The Morgan fingerprint density at radius 3 is 2.48 bits per heavy atom. The van der Waals surface area contributed by atoms with Crippen LogP contribution in [0.25, 0.3) is 0 Å². The minimum Gasteiger partial charge on any atom is -0.311 e. The van der Waals surface area contributed by atoms with Gasteiger partial charge < -0.3 is 15.5 Å². The second-order valence-corrected chi connectivity index (χ2v) is 8.13. The van der Waals surface area contributed by atoms with Gasteiger partial charge in [-0.05, 0) is 59.0 Å². The van der Waals surface area contributed by atoms with Crippen molar-refractivity contribution in [1.82, 2.24) is 5.32 Å². The predicted octanol–water partition coefficient (Wildman–Crippen LogP) is 4.39. The number of likely N-dealkylation sites (N-methyl/N-ethyl adjacent to an activating group) is 1. The van der Waals surface area contributed by atoms with Gasteiger partial charge in [0.25, 0.3) is 5.91 Å². The van der Waals surface area contributed by atoms with E-state index in [1.807, 2.05) is 12.1 Å². The molecule has 0 bridgehead atoms. The fourth-order valence-corrected chi connectivity index (χ4v) is 3.88. The van der Waals surface area contributed by atoms with Gasteiger partial charge in [0.05, 0.1) is 11.4 Å². The van der Waals surface area contributed by atoms with Gasteiger partial charge in [-0.15, -0.1) is 0 Å². The number of hydrogen-bond acceptors (Lipinski definition) is 3. The van der Waals surface area contributed by atoms with Crippen molar-refractivity contribution in [2.45, 2.75) is 6.17 Å². The number of hydrogen-bond donors (Lipinski definition) is 2. The zero-order valence-corrected chi connectivity index (χ0v) is 18.6. The number of amides is 3. The fraction of sp³-hybridized carbons (Fsp3) is 0.0870. The number of halogens is 2. The number of aliphatic imine (C=N–C) groups is 1. The minimum absolute atomic E-state index is 0.253. The van der Waals surface area contributed by atoms with Gasteiger partial charge in [0.1, 0.15) is 5.82 Å². The second kappa shape index (κ2) is 8.84. The summed E-state index contributed by atoms with van der Waals surface area (Å²) in [4.78, 5) is 31.6. The third kappa shape index (κ3) is 4.43. The third-order valence-corrected chi connectivity index (χ3v) is 5.49. The van der Waals surface area contributed by atoms with Crippen LogP contribution in [0.2, 0.25) is 0 Å². The van der Waals surface area contributed by atoms with Gasteiger partial charge in [-0.25, -0.2) is 14.2 Å². The van der Waals surface area contributed by atoms with Crippen LogP contribution in [-0.2, 0) is 4.79 Å². The van der Waals surface area contributed by atoms with Crippen LogP contribution in [0.15, 0.2) is 77.8 Å². The Balaban J connectivity index is 1.72. The SMILES string of the molecule is CN1C(=O)C(NC(=O)Nc2cccc(I)c2)N=C(c2ccccc2F)c2ccccc21. The first kappa shape index (κ1) is 21.0. The summed E-state index contributed by atoms with van der Waals surface area (Å²) < 4.78 is 15.6. The van der Waals surface area contributed by atoms with Gasteiger partial charge in [0, 0.05) is 27.4 Å². The first-order chi connectivity index (χ1) is 14.9. The van der Waals surface area contributed by atoms with E-state index in [1.165, 1.54) is 11.0 Å². The maximum absolute atomic E-state index is 14.6. The van der Waals surface area contributed by atoms with E-state index in [2.05, 4.69) is 38.2 Å². The fourth-order valence-electron chi connectivity index (χ4n) is 3.34. The lowest BCUT2D eigenvalue weighted by molar-refractivity contribution is -0.119. The molecule has 2 N–H and O–H groups in total. The summed E-state index contributed by atoms with van der Waals surface area (Å²) in [7, 11) is 1.60. The molecule has 156 valence electrons. The molecule has 0 spiro atoms. The van der Waals surface area contributed by atoms with E-state index < -0.39 is 23.9 Å². The molecule has 1 atom stereocenters. The number of benzodiazepines with no additional fused rings is 1. The molecular weight excluding hydrogens is 510 g/mol. The van der Waals surface area contributed by atoms with Crippen LogP contribution in [-0.4, -0.2) is 30.9 Å². The number of para-hydroxylation sites is 1. The maximum Gasteiger partial charge on any atom is 0.321 e. The number of urea groups is 1. The molecule has 31 heavy (non-hydrogen) atoms. The number of rotatable bonds is 3. The van der Waals surface area contributed by atoms with Gasteiger partial charge >= 0.3 is 6.03 Å². The van der Waals surface area contributed by atoms with E-state index in [-0.39, 0.29) is 5.56 Å². The number of nitrogens with zero attached hydrogens (tertiary/aromatic N) is 2. The van der Waals surface area contributed by atoms with Crippen LogP contribution in [0.3, 0.4) is 0 Å². The lowest BCUT2D eigenvalue weighted by Crippen LogP contribution is -2.47. The number of anilines is 2. The Morgan fingerprint density at radius 2 is 1.74 bits per heavy atom. The van der Waals surface area contributed by atoms with E-state index in [4.69, 9.17) is 0 Å². The molecule has 6 nitrogen and oxygen atoms in total. The van der Waals surface area contributed by atoms with Crippen molar-refractivity contribution in [3.63, 3.8) is 0 Å². The summed E-state index contributed by atoms with van der Waals surface area (Å²) in [5.41, 5.74) is 2.32. The van der Waals surface area contributed by atoms with Gasteiger partial charge in [0.2, 0.25) is 6.17 Å². The standard InChI is InChI=1S/C23H18FIN4O2/c1-29-19-12-5-3-10-17(19)20(16-9-2-4-11-18(16)24)27-21(22(29)30)28-23(31)26-15-8-6-7-14(25)13-15/h2-13,21H,1H3,(H2,26,28,31).